The van der Waals surface area contributed by atoms with E-state index in [9.17, 15) is 22.4 Å². The Morgan fingerprint density at radius 3 is 2.05 bits per heavy atom. The third-order valence-corrected chi connectivity index (χ3v) is 6.86. The second-order valence-corrected chi connectivity index (χ2v) is 10.5. The molecule has 7 nitrogen and oxygen atoms in total. The average molecular weight is 524 g/mol. The number of nitrogens with zero attached hydrogens (tertiary/aromatic N) is 2. The summed E-state index contributed by atoms with van der Waals surface area (Å²) in [5.74, 6) is -1.46. The van der Waals surface area contributed by atoms with Gasteiger partial charge in [0.05, 0.1) is 12.8 Å². The molecule has 3 aromatic carbocycles. The summed E-state index contributed by atoms with van der Waals surface area (Å²) in [5, 5.41) is 2.74. The van der Waals surface area contributed by atoms with Gasteiger partial charge in [-0.2, -0.15) is 4.31 Å². The van der Waals surface area contributed by atoms with E-state index in [1.54, 1.807) is 54.6 Å². The number of carbonyl (C=O) groups is 2. The average Bonchev–Trinajstić information content (AvgIpc) is 2.88. The lowest BCUT2D eigenvalue weighted by molar-refractivity contribution is -0.141. The zero-order valence-corrected chi connectivity index (χ0v) is 21.4. The smallest absolute Gasteiger partial charge is 0.247 e. The summed E-state index contributed by atoms with van der Waals surface area (Å²) < 4.78 is 39.9. The minimum Gasteiger partial charge on any atom is -0.351 e. The number of sulfonamides is 1. The summed E-state index contributed by atoms with van der Waals surface area (Å²) in [5.41, 5.74) is 1.85. The van der Waals surface area contributed by atoms with Crippen molar-refractivity contribution in [2.75, 3.05) is 19.3 Å². The fourth-order valence-corrected chi connectivity index (χ4v) is 4.54. The van der Waals surface area contributed by atoms with Crippen molar-refractivity contribution in [2.45, 2.75) is 19.1 Å². The molecule has 9 heteroatoms. The molecule has 1 N–H and O–H groups in total. The monoisotopic (exact) mass is 523 g/mol. The summed E-state index contributed by atoms with van der Waals surface area (Å²) in [6.45, 7) is 3.28. The van der Waals surface area contributed by atoms with Gasteiger partial charge < -0.3 is 10.2 Å². The highest BCUT2D eigenvalue weighted by Crippen LogP contribution is 2.25. The Balaban J connectivity index is 2.01. The first kappa shape index (κ1) is 27.8. The minimum absolute atomic E-state index is 0.00549. The molecule has 37 heavy (non-hydrogen) atoms. The number of halogens is 1. The van der Waals surface area contributed by atoms with E-state index in [-0.39, 0.29) is 19.6 Å². The van der Waals surface area contributed by atoms with Gasteiger partial charge in [-0.3, -0.25) is 9.59 Å². The fourth-order valence-electron chi connectivity index (χ4n) is 3.81. The fraction of sp³-hybridized carbons (Fsp3) is 0.214. The van der Waals surface area contributed by atoms with Crippen LogP contribution in [0.4, 0.5) is 4.39 Å². The number of amides is 2. The van der Waals surface area contributed by atoms with Crippen LogP contribution >= 0.6 is 0 Å². The van der Waals surface area contributed by atoms with E-state index >= 15 is 0 Å². The van der Waals surface area contributed by atoms with E-state index in [0.717, 1.165) is 10.6 Å². The quantitative estimate of drug-likeness (QED) is 0.367. The summed E-state index contributed by atoms with van der Waals surface area (Å²) in [6, 6.07) is 22.2. The van der Waals surface area contributed by atoms with Gasteiger partial charge in [-0.25, -0.2) is 12.8 Å². The molecule has 0 aromatic heterocycles. The summed E-state index contributed by atoms with van der Waals surface area (Å²) in [4.78, 5) is 28.4. The van der Waals surface area contributed by atoms with Gasteiger partial charge in [0, 0.05) is 19.6 Å². The van der Waals surface area contributed by atoms with Crippen molar-refractivity contribution in [3.63, 3.8) is 0 Å². The highest BCUT2D eigenvalue weighted by Gasteiger charge is 2.33. The molecule has 0 aliphatic carbocycles. The van der Waals surface area contributed by atoms with E-state index in [1.165, 1.54) is 35.2 Å². The normalized spacial score (nSPS) is 12.1. The van der Waals surface area contributed by atoms with Crippen molar-refractivity contribution >= 4 is 21.8 Å². The maximum Gasteiger partial charge on any atom is 0.247 e. The van der Waals surface area contributed by atoms with Gasteiger partial charge in [0.2, 0.25) is 21.8 Å². The Morgan fingerprint density at radius 2 is 1.49 bits per heavy atom. The second kappa shape index (κ2) is 12.9. The maximum absolute atomic E-state index is 13.8. The van der Waals surface area contributed by atoms with Crippen molar-refractivity contribution in [3.05, 3.63) is 120 Å². The third kappa shape index (κ3) is 8.09. The third-order valence-electron chi connectivity index (χ3n) is 5.66. The number of rotatable bonds is 12. The van der Waals surface area contributed by atoms with Crippen LogP contribution in [0.15, 0.2) is 97.6 Å². The van der Waals surface area contributed by atoms with E-state index in [4.69, 9.17) is 0 Å². The summed E-state index contributed by atoms with van der Waals surface area (Å²) >= 11 is 0. The number of hydrogen-bond acceptors (Lipinski definition) is 4. The van der Waals surface area contributed by atoms with E-state index < -0.39 is 40.2 Å². The Hall–Kier alpha value is -3.82. The lowest BCUT2D eigenvalue weighted by Crippen LogP contribution is -2.47. The van der Waals surface area contributed by atoms with E-state index in [1.807, 2.05) is 6.07 Å². The first-order valence-corrected chi connectivity index (χ1v) is 13.5. The van der Waals surface area contributed by atoms with Crippen molar-refractivity contribution in [2.24, 2.45) is 0 Å². The van der Waals surface area contributed by atoms with Crippen molar-refractivity contribution in [1.29, 1.82) is 0 Å². The van der Waals surface area contributed by atoms with Crippen molar-refractivity contribution < 1.29 is 22.4 Å². The molecule has 0 heterocycles. The molecule has 0 radical (unpaired) electrons. The molecule has 2 amide bonds. The molecule has 0 unspecified atom stereocenters. The molecule has 0 spiro atoms. The maximum atomic E-state index is 13.8. The number of nitrogens with one attached hydrogen (secondary N) is 1. The van der Waals surface area contributed by atoms with Gasteiger partial charge in [-0.1, -0.05) is 78.9 Å². The Bertz CT molecular complexity index is 1300. The molecule has 194 valence electrons. The Labute approximate surface area is 217 Å². The second-order valence-electron chi connectivity index (χ2n) is 8.51. The molecular formula is C28H30FN3O4S. The lowest BCUT2D eigenvalue weighted by atomic mass is 10.0. The predicted molar refractivity (Wildman–Crippen MR) is 141 cm³/mol. The van der Waals surface area contributed by atoms with Crippen LogP contribution in [0.25, 0.3) is 0 Å². The first-order valence-electron chi connectivity index (χ1n) is 11.7. The topological polar surface area (TPSA) is 86.8 Å². The summed E-state index contributed by atoms with van der Waals surface area (Å²) in [7, 11) is -3.77. The zero-order chi connectivity index (χ0) is 26.8. The highest BCUT2D eigenvalue weighted by atomic mass is 32.2. The standard InChI is InChI=1S/C28H30FN3O4S/c1-3-18-30-28(34)27(24-12-8-5-9-13-24)32(20-23-14-16-25(29)17-15-23)26(33)21-31(37(2,35)36)19-22-10-6-4-7-11-22/h3-17,27H,1,18-21H2,2H3,(H,30,34)/t27-/m1/s1. The minimum atomic E-state index is -3.77. The number of hydrogen-bond donors (Lipinski definition) is 1. The van der Waals surface area contributed by atoms with Crippen LogP contribution in [-0.2, 0) is 32.7 Å². The molecule has 0 saturated heterocycles. The van der Waals surface area contributed by atoms with Crippen LogP contribution in [0.5, 0.6) is 0 Å². The number of benzene rings is 3. The Morgan fingerprint density at radius 1 is 0.919 bits per heavy atom. The molecule has 1 atom stereocenters. The van der Waals surface area contributed by atoms with Crippen LogP contribution in [0.2, 0.25) is 0 Å². The Kier molecular flexibility index (Phi) is 9.71. The molecule has 0 bridgehead atoms. The predicted octanol–water partition coefficient (Wildman–Crippen LogP) is 3.66. The SMILES string of the molecule is C=CCNC(=O)[C@@H](c1ccccc1)N(Cc1ccc(F)cc1)C(=O)CN(Cc1ccccc1)S(C)(=O)=O. The van der Waals surface area contributed by atoms with E-state index in [2.05, 4.69) is 11.9 Å². The van der Waals surface area contributed by atoms with Gasteiger partial charge in [-0.05, 0) is 28.8 Å². The van der Waals surface area contributed by atoms with Gasteiger partial charge in [0.25, 0.3) is 0 Å². The molecule has 0 saturated carbocycles. The van der Waals surface area contributed by atoms with Gasteiger partial charge in [-0.15, -0.1) is 6.58 Å². The molecule has 3 aromatic rings. The van der Waals surface area contributed by atoms with Crippen LogP contribution in [0.3, 0.4) is 0 Å². The van der Waals surface area contributed by atoms with E-state index in [0.29, 0.717) is 16.7 Å². The molecular weight excluding hydrogens is 493 g/mol. The van der Waals surface area contributed by atoms with Gasteiger partial charge >= 0.3 is 0 Å². The van der Waals surface area contributed by atoms with Crippen LogP contribution in [0, 0.1) is 5.82 Å². The zero-order valence-electron chi connectivity index (χ0n) is 20.6. The van der Waals surface area contributed by atoms with Crippen LogP contribution in [-0.4, -0.2) is 48.8 Å². The largest absolute Gasteiger partial charge is 0.351 e. The first-order chi connectivity index (χ1) is 17.7. The van der Waals surface area contributed by atoms with Crippen LogP contribution < -0.4 is 5.32 Å². The molecule has 0 aliphatic heterocycles. The van der Waals surface area contributed by atoms with Crippen molar-refractivity contribution in [3.8, 4) is 0 Å². The molecule has 0 fully saturated rings. The molecule has 3 rings (SSSR count). The van der Waals surface area contributed by atoms with Crippen molar-refractivity contribution in [1.82, 2.24) is 14.5 Å². The lowest BCUT2D eigenvalue weighted by Gasteiger charge is -2.33. The highest BCUT2D eigenvalue weighted by molar-refractivity contribution is 7.88. The van der Waals surface area contributed by atoms with Gasteiger partial charge in [0.1, 0.15) is 11.9 Å². The molecule has 0 aliphatic rings. The summed E-state index contributed by atoms with van der Waals surface area (Å²) in [6.07, 6.45) is 2.57. The number of carbonyl (C=O) groups excluding carboxylic acids is 2. The van der Waals surface area contributed by atoms with Gasteiger partial charge in [0.15, 0.2) is 0 Å². The van der Waals surface area contributed by atoms with Crippen LogP contribution in [0.1, 0.15) is 22.7 Å².